The maximum Gasteiger partial charge on any atom is 0.255 e. The third-order valence-electron chi connectivity index (χ3n) is 7.28. The second-order valence-electron chi connectivity index (χ2n) is 9.58. The van der Waals surface area contributed by atoms with Gasteiger partial charge in [0.05, 0.1) is 30.3 Å². The van der Waals surface area contributed by atoms with Crippen molar-refractivity contribution in [3.8, 4) is 5.75 Å². The van der Waals surface area contributed by atoms with Gasteiger partial charge in [-0.3, -0.25) is 15.6 Å². The van der Waals surface area contributed by atoms with E-state index in [1.165, 1.54) is 0 Å². The van der Waals surface area contributed by atoms with E-state index < -0.39 is 23.9 Å². The Bertz CT molecular complexity index is 997. The molecule has 11 nitrogen and oxygen atoms in total. The third-order valence-corrected chi connectivity index (χ3v) is 7.28. The fourth-order valence-electron chi connectivity index (χ4n) is 5.52. The van der Waals surface area contributed by atoms with Crippen LogP contribution < -0.4 is 31.7 Å². The lowest BCUT2D eigenvalue weighted by Crippen LogP contribution is -2.77. The van der Waals surface area contributed by atoms with Crippen LogP contribution >= 0.6 is 0 Å². The molecule has 5 atom stereocenters. The van der Waals surface area contributed by atoms with Gasteiger partial charge in [-0.05, 0) is 17.9 Å². The first-order valence-electron chi connectivity index (χ1n) is 10.9. The van der Waals surface area contributed by atoms with E-state index in [9.17, 15) is 9.90 Å². The second kappa shape index (κ2) is 6.97. The molecule has 1 aromatic carbocycles. The van der Waals surface area contributed by atoms with Crippen LogP contribution in [-0.2, 0) is 5.41 Å². The highest BCUT2D eigenvalue weighted by Gasteiger charge is 2.66. The summed E-state index contributed by atoms with van der Waals surface area (Å²) in [5.41, 5.74) is 6.07. The van der Waals surface area contributed by atoms with Gasteiger partial charge in [-0.15, -0.1) is 0 Å². The molecule has 4 aliphatic rings. The fraction of sp³-hybridized carbons (Fsp3) is 0.571. The number of hydrogen-bond acceptors (Lipinski definition) is 6. The molecule has 9 N–H and O–H groups in total. The standard InChI is InChI=1S/C21H30N8O3/c1-20(2)6-7-32-14-10(4-3-5-11(14)20)17(31)25-13-9-29-19(24)26-12(8-22)15-21(29,16(13)30)28-18(23)27-15/h3-5,12-13,15-16,30H,6-9,22H2,1-2H3,(H2,24,26)(H,25,31)(H3,23,27,28)/t12-,13?,15-,16+,21-/m0/s1. The average molecular weight is 443 g/mol. The van der Waals surface area contributed by atoms with Crippen molar-refractivity contribution in [1.29, 1.82) is 10.8 Å². The van der Waals surface area contributed by atoms with Gasteiger partial charge < -0.3 is 41.7 Å². The summed E-state index contributed by atoms with van der Waals surface area (Å²) in [6, 6.07) is 4.09. The molecular formula is C21H30N8O3. The predicted molar refractivity (Wildman–Crippen MR) is 118 cm³/mol. The molecule has 3 saturated heterocycles. The molecule has 1 amide bonds. The average Bonchev–Trinajstić information content (AvgIpc) is 3.24. The number of carbonyl (C=O) groups excluding carboxylic acids is 1. The van der Waals surface area contributed by atoms with E-state index in [1.54, 1.807) is 11.0 Å². The van der Waals surface area contributed by atoms with E-state index in [2.05, 4.69) is 35.1 Å². The zero-order valence-electron chi connectivity index (χ0n) is 18.2. The molecule has 0 radical (unpaired) electrons. The summed E-state index contributed by atoms with van der Waals surface area (Å²) in [6.07, 6.45) is -0.215. The number of carbonyl (C=O) groups is 1. The molecule has 4 aliphatic heterocycles. The second-order valence-corrected chi connectivity index (χ2v) is 9.58. The Kier molecular flexibility index (Phi) is 4.54. The maximum absolute atomic E-state index is 13.3. The number of nitrogens with two attached hydrogens (primary N) is 1. The largest absolute Gasteiger partial charge is 0.492 e. The molecule has 11 heteroatoms. The summed E-state index contributed by atoms with van der Waals surface area (Å²) >= 11 is 0. The van der Waals surface area contributed by atoms with Gasteiger partial charge in [-0.25, -0.2) is 0 Å². The van der Waals surface area contributed by atoms with Gasteiger partial charge >= 0.3 is 0 Å². The van der Waals surface area contributed by atoms with Crippen LogP contribution in [-0.4, -0.2) is 77.4 Å². The summed E-state index contributed by atoms with van der Waals surface area (Å²) in [6.45, 7) is 5.23. The van der Waals surface area contributed by atoms with Crippen molar-refractivity contribution in [3.63, 3.8) is 0 Å². The maximum atomic E-state index is 13.3. The highest BCUT2D eigenvalue weighted by Crippen LogP contribution is 2.41. The van der Waals surface area contributed by atoms with Crippen LogP contribution in [0.4, 0.5) is 0 Å². The van der Waals surface area contributed by atoms with Crippen LogP contribution in [0.3, 0.4) is 0 Å². The van der Waals surface area contributed by atoms with Crippen LogP contribution in [0.1, 0.15) is 36.2 Å². The molecule has 32 heavy (non-hydrogen) atoms. The van der Waals surface area contributed by atoms with Gasteiger partial charge in [0.1, 0.15) is 11.9 Å². The molecule has 3 fully saturated rings. The molecule has 1 spiro atoms. The molecule has 172 valence electrons. The number of benzene rings is 1. The minimum atomic E-state index is -1.14. The van der Waals surface area contributed by atoms with Gasteiger partial charge in [0, 0.05) is 18.7 Å². The molecule has 0 aromatic heterocycles. The van der Waals surface area contributed by atoms with Gasteiger partial charge in [-0.2, -0.15) is 0 Å². The summed E-state index contributed by atoms with van der Waals surface area (Å²) in [7, 11) is 0. The summed E-state index contributed by atoms with van der Waals surface area (Å²) in [5.74, 6) is 0.391. The highest BCUT2D eigenvalue weighted by atomic mass is 16.5. The molecule has 5 rings (SSSR count). The van der Waals surface area contributed by atoms with E-state index >= 15 is 0 Å². The van der Waals surface area contributed by atoms with Crippen molar-refractivity contribution >= 4 is 17.8 Å². The Morgan fingerprint density at radius 3 is 2.91 bits per heavy atom. The minimum Gasteiger partial charge on any atom is -0.492 e. The Morgan fingerprint density at radius 1 is 1.38 bits per heavy atom. The molecule has 4 heterocycles. The van der Waals surface area contributed by atoms with E-state index in [1.807, 2.05) is 12.1 Å². The monoisotopic (exact) mass is 442 g/mol. The summed E-state index contributed by atoms with van der Waals surface area (Å²) in [4.78, 5) is 15.0. The lowest BCUT2D eigenvalue weighted by molar-refractivity contribution is 0.00692. The van der Waals surface area contributed by atoms with Crippen molar-refractivity contribution in [1.82, 2.24) is 26.2 Å². The zero-order valence-corrected chi connectivity index (χ0v) is 18.2. The van der Waals surface area contributed by atoms with Crippen molar-refractivity contribution in [2.45, 2.75) is 55.6 Å². The normalized spacial score (nSPS) is 34.3. The van der Waals surface area contributed by atoms with E-state index in [0.29, 0.717) is 17.9 Å². The number of nitrogens with one attached hydrogen (secondary N) is 6. The molecule has 0 saturated carbocycles. The van der Waals surface area contributed by atoms with Crippen LogP contribution in [0, 0.1) is 10.8 Å². The first-order chi connectivity index (χ1) is 15.2. The van der Waals surface area contributed by atoms with E-state index in [0.717, 1.165) is 12.0 Å². The Morgan fingerprint density at radius 2 is 2.16 bits per heavy atom. The summed E-state index contributed by atoms with van der Waals surface area (Å²) in [5, 5.41) is 39.9. The SMILES string of the molecule is CC1(C)CCOc2c(C(=O)NC3CN4C(=N)N[C@@H](CN)[C@@H]5NC(=N)N[C@@]54[C@@H]3O)cccc21. The molecule has 0 bridgehead atoms. The van der Waals surface area contributed by atoms with Crippen LogP contribution in [0.5, 0.6) is 5.75 Å². The van der Waals surface area contributed by atoms with Gasteiger partial charge in [0.25, 0.3) is 5.91 Å². The Labute approximate surface area is 186 Å². The van der Waals surface area contributed by atoms with Crippen LogP contribution in [0.15, 0.2) is 18.2 Å². The lowest BCUT2D eigenvalue weighted by atomic mass is 9.79. The van der Waals surface area contributed by atoms with Crippen molar-refractivity contribution < 1.29 is 14.6 Å². The Balaban J connectivity index is 1.44. The highest BCUT2D eigenvalue weighted by molar-refractivity contribution is 5.98. The predicted octanol–water partition coefficient (Wildman–Crippen LogP) is -1.42. The van der Waals surface area contributed by atoms with Gasteiger partial charge in [0.2, 0.25) is 0 Å². The fourth-order valence-corrected chi connectivity index (χ4v) is 5.52. The number of rotatable bonds is 3. The number of amides is 1. The van der Waals surface area contributed by atoms with Crippen LogP contribution in [0.25, 0.3) is 0 Å². The zero-order chi connectivity index (χ0) is 22.8. The lowest BCUT2D eigenvalue weighted by Gasteiger charge is -2.49. The van der Waals surface area contributed by atoms with Crippen molar-refractivity contribution in [3.05, 3.63) is 29.3 Å². The Hall–Kier alpha value is -3.05. The number of aliphatic hydroxyl groups excluding tert-OH is 1. The van der Waals surface area contributed by atoms with Crippen molar-refractivity contribution in [2.24, 2.45) is 5.73 Å². The number of ether oxygens (including phenoxy) is 1. The minimum absolute atomic E-state index is 0.0498. The molecule has 0 aliphatic carbocycles. The van der Waals surface area contributed by atoms with Gasteiger partial charge in [-0.1, -0.05) is 26.0 Å². The van der Waals surface area contributed by atoms with Crippen molar-refractivity contribution in [2.75, 3.05) is 19.7 Å². The number of fused-ring (bicyclic) bond motifs is 1. The molecule has 1 unspecified atom stereocenters. The first-order valence-corrected chi connectivity index (χ1v) is 10.9. The van der Waals surface area contributed by atoms with E-state index in [-0.39, 0.29) is 42.4 Å². The number of nitrogens with zero attached hydrogens (tertiary/aromatic N) is 1. The smallest absolute Gasteiger partial charge is 0.255 e. The molecular weight excluding hydrogens is 412 g/mol. The number of guanidine groups is 2. The summed E-state index contributed by atoms with van der Waals surface area (Å²) < 4.78 is 5.88. The van der Waals surface area contributed by atoms with Gasteiger partial charge in [0.15, 0.2) is 17.6 Å². The quantitative estimate of drug-likeness (QED) is 0.282. The van der Waals surface area contributed by atoms with E-state index in [4.69, 9.17) is 21.3 Å². The third kappa shape index (κ3) is 2.77. The topological polar surface area (TPSA) is 172 Å². The number of hydrogen-bond donors (Lipinski definition) is 8. The molecule has 1 aromatic rings. The number of para-hydroxylation sites is 1. The van der Waals surface area contributed by atoms with Crippen LogP contribution in [0.2, 0.25) is 0 Å². The first kappa shape index (κ1) is 20.8. The number of aliphatic hydroxyl groups is 1.